The van der Waals surface area contributed by atoms with Crippen LogP contribution < -0.4 is 15.9 Å². The molecule has 1 saturated carbocycles. The molecule has 1 unspecified atom stereocenters. The Morgan fingerprint density at radius 2 is 1.91 bits per heavy atom. The molecule has 1 aliphatic carbocycles. The van der Waals surface area contributed by atoms with Gasteiger partial charge in [0.1, 0.15) is 5.82 Å². The standard InChI is InChI=1S/C25H31N5O2/c1-25(2,3)15-30-20-11-12-21(27-22(20)28(4)24(30)32)29-14-18(26-23(31)16-9-10-16)13-17-7-5-6-8-19(17)29/h5-8,11-12,16,18H,9-10,13-15H2,1-4H3,(H,26,31). The van der Waals surface area contributed by atoms with E-state index in [9.17, 15) is 9.59 Å². The molecule has 5 rings (SSSR count). The molecular weight excluding hydrogens is 402 g/mol. The van der Waals surface area contributed by atoms with Crippen LogP contribution in [0.4, 0.5) is 11.5 Å². The average molecular weight is 434 g/mol. The van der Waals surface area contributed by atoms with Gasteiger partial charge in [0.05, 0.1) is 11.6 Å². The zero-order chi connectivity index (χ0) is 22.6. The highest BCUT2D eigenvalue weighted by Gasteiger charge is 2.33. The summed E-state index contributed by atoms with van der Waals surface area (Å²) in [5.74, 6) is 1.14. The number of aromatic nitrogens is 3. The predicted molar refractivity (Wildman–Crippen MR) is 126 cm³/mol. The second-order valence-electron chi connectivity index (χ2n) is 10.4. The van der Waals surface area contributed by atoms with Gasteiger partial charge in [0.25, 0.3) is 0 Å². The molecule has 7 heteroatoms. The fourth-order valence-electron chi connectivity index (χ4n) is 4.61. The summed E-state index contributed by atoms with van der Waals surface area (Å²) in [7, 11) is 1.78. The van der Waals surface area contributed by atoms with Crippen molar-refractivity contribution in [1.82, 2.24) is 19.4 Å². The van der Waals surface area contributed by atoms with Gasteiger partial charge < -0.3 is 10.2 Å². The van der Waals surface area contributed by atoms with E-state index in [1.807, 2.05) is 28.8 Å². The maximum Gasteiger partial charge on any atom is 0.330 e. The molecule has 1 fully saturated rings. The van der Waals surface area contributed by atoms with Gasteiger partial charge in [-0.15, -0.1) is 0 Å². The van der Waals surface area contributed by atoms with Crippen molar-refractivity contribution in [3.05, 3.63) is 52.4 Å². The number of benzene rings is 1. The summed E-state index contributed by atoms with van der Waals surface area (Å²) in [5, 5.41) is 3.24. The lowest BCUT2D eigenvalue weighted by atomic mass is 9.97. The summed E-state index contributed by atoms with van der Waals surface area (Å²) in [6.45, 7) is 7.67. The Kier molecular flexibility index (Phi) is 4.87. The van der Waals surface area contributed by atoms with Crippen LogP contribution in [-0.4, -0.2) is 32.6 Å². The summed E-state index contributed by atoms with van der Waals surface area (Å²) >= 11 is 0. The van der Waals surface area contributed by atoms with E-state index in [1.54, 1.807) is 11.6 Å². The number of nitrogens with zero attached hydrogens (tertiary/aromatic N) is 4. The highest BCUT2D eigenvalue weighted by molar-refractivity contribution is 5.82. The van der Waals surface area contributed by atoms with Crippen molar-refractivity contribution in [2.75, 3.05) is 11.4 Å². The first-order chi connectivity index (χ1) is 15.2. The number of nitrogens with one attached hydrogen (secondary N) is 1. The van der Waals surface area contributed by atoms with E-state index in [4.69, 9.17) is 4.98 Å². The van der Waals surface area contributed by atoms with Crippen molar-refractivity contribution < 1.29 is 4.79 Å². The van der Waals surface area contributed by atoms with E-state index >= 15 is 0 Å². The molecule has 1 atom stereocenters. The molecule has 168 valence electrons. The number of carbonyl (C=O) groups is 1. The SMILES string of the molecule is Cn1c(=O)n(CC(C)(C)C)c2ccc(N3CC(NC(=O)C4CC4)Cc4ccccc43)nc21. The Hall–Kier alpha value is -3.09. The molecule has 7 nitrogen and oxygen atoms in total. The number of anilines is 2. The van der Waals surface area contributed by atoms with Gasteiger partial charge in [-0.3, -0.25) is 13.9 Å². The third-order valence-corrected chi connectivity index (χ3v) is 6.32. The number of aryl methyl sites for hydroxylation is 1. The topological polar surface area (TPSA) is 72.2 Å². The van der Waals surface area contributed by atoms with Crippen molar-refractivity contribution in [2.45, 2.75) is 52.6 Å². The number of hydrogen-bond donors (Lipinski definition) is 1. The van der Waals surface area contributed by atoms with E-state index in [0.29, 0.717) is 18.7 Å². The van der Waals surface area contributed by atoms with Gasteiger partial charge in [0, 0.05) is 31.7 Å². The third-order valence-electron chi connectivity index (χ3n) is 6.32. The van der Waals surface area contributed by atoms with Gasteiger partial charge in [-0.2, -0.15) is 0 Å². The number of hydrogen-bond acceptors (Lipinski definition) is 4. The van der Waals surface area contributed by atoms with Crippen molar-refractivity contribution >= 4 is 28.6 Å². The number of fused-ring (bicyclic) bond motifs is 2. The maximum atomic E-state index is 12.9. The number of carbonyl (C=O) groups excluding carboxylic acids is 1. The van der Waals surface area contributed by atoms with Gasteiger partial charge in [-0.25, -0.2) is 9.78 Å². The molecule has 1 N–H and O–H groups in total. The summed E-state index contributed by atoms with van der Waals surface area (Å²) in [6.07, 6.45) is 2.81. The molecule has 0 bridgehead atoms. The fourth-order valence-corrected chi connectivity index (χ4v) is 4.61. The number of pyridine rings is 1. The maximum absolute atomic E-state index is 12.9. The van der Waals surface area contributed by atoms with Gasteiger partial charge in [-0.05, 0) is 48.4 Å². The van der Waals surface area contributed by atoms with Crippen molar-refractivity contribution in [1.29, 1.82) is 0 Å². The van der Waals surface area contributed by atoms with Crippen molar-refractivity contribution in [3.8, 4) is 0 Å². The summed E-state index contributed by atoms with van der Waals surface area (Å²) in [6, 6.07) is 12.3. The lowest BCUT2D eigenvalue weighted by Gasteiger charge is -2.35. The van der Waals surface area contributed by atoms with Crippen molar-refractivity contribution in [3.63, 3.8) is 0 Å². The Balaban J connectivity index is 1.53. The largest absolute Gasteiger partial charge is 0.351 e. The quantitative estimate of drug-likeness (QED) is 0.685. The van der Waals surface area contributed by atoms with Crippen LogP contribution >= 0.6 is 0 Å². The van der Waals surface area contributed by atoms with Crippen LogP contribution in [0.5, 0.6) is 0 Å². The van der Waals surface area contributed by atoms with Crippen LogP contribution in [0.2, 0.25) is 0 Å². The fraction of sp³-hybridized carbons (Fsp3) is 0.480. The molecular formula is C25H31N5O2. The first kappa shape index (κ1) is 20.8. The van der Waals surface area contributed by atoms with E-state index < -0.39 is 0 Å². The Morgan fingerprint density at radius 1 is 1.16 bits per heavy atom. The molecule has 2 aliphatic rings. The molecule has 0 saturated heterocycles. The first-order valence-electron chi connectivity index (χ1n) is 11.4. The zero-order valence-corrected chi connectivity index (χ0v) is 19.3. The monoisotopic (exact) mass is 433 g/mol. The minimum Gasteiger partial charge on any atom is -0.351 e. The molecule has 32 heavy (non-hydrogen) atoms. The smallest absolute Gasteiger partial charge is 0.330 e. The van der Waals surface area contributed by atoms with E-state index in [-0.39, 0.29) is 29.0 Å². The van der Waals surface area contributed by atoms with E-state index in [0.717, 1.165) is 36.3 Å². The van der Waals surface area contributed by atoms with Crippen LogP contribution in [0, 0.1) is 11.3 Å². The minimum absolute atomic E-state index is 0.0183. The normalized spacial score (nSPS) is 18.6. The number of rotatable bonds is 4. The second-order valence-corrected chi connectivity index (χ2v) is 10.4. The van der Waals surface area contributed by atoms with E-state index in [2.05, 4.69) is 43.1 Å². The molecule has 2 aromatic heterocycles. The molecule has 1 aromatic carbocycles. The van der Waals surface area contributed by atoms with Crippen LogP contribution in [0.3, 0.4) is 0 Å². The minimum atomic E-state index is -0.0480. The van der Waals surface area contributed by atoms with Crippen LogP contribution in [-0.2, 0) is 24.8 Å². The molecule has 3 heterocycles. The van der Waals surface area contributed by atoms with Gasteiger partial charge >= 0.3 is 5.69 Å². The molecule has 3 aromatic rings. The zero-order valence-electron chi connectivity index (χ0n) is 19.3. The summed E-state index contributed by atoms with van der Waals surface area (Å²) in [5.41, 5.74) is 3.76. The van der Waals surface area contributed by atoms with Gasteiger partial charge in [0.15, 0.2) is 5.65 Å². The Bertz CT molecular complexity index is 1250. The number of amides is 1. The van der Waals surface area contributed by atoms with Gasteiger partial charge in [-0.1, -0.05) is 39.0 Å². The lowest BCUT2D eigenvalue weighted by Crippen LogP contribution is -2.47. The highest BCUT2D eigenvalue weighted by Crippen LogP contribution is 2.34. The summed E-state index contributed by atoms with van der Waals surface area (Å²) in [4.78, 5) is 32.4. The first-order valence-corrected chi connectivity index (χ1v) is 11.4. The highest BCUT2D eigenvalue weighted by atomic mass is 16.2. The number of imidazole rings is 1. The molecule has 1 amide bonds. The van der Waals surface area contributed by atoms with Crippen molar-refractivity contribution in [2.24, 2.45) is 18.4 Å². The van der Waals surface area contributed by atoms with Crippen LogP contribution in [0.25, 0.3) is 11.2 Å². The van der Waals surface area contributed by atoms with Gasteiger partial charge in [0.2, 0.25) is 5.91 Å². The van der Waals surface area contributed by atoms with Crippen LogP contribution in [0.1, 0.15) is 39.2 Å². The number of para-hydroxylation sites is 1. The summed E-state index contributed by atoms with van der Waals surface area (Å²) < 4.78 is 3.45. The molecule has 0 spiro atoms. The second kappa shape index (κ2) is 7.50. The lowest BCUT2D eigenvalue weighted by molar-refractivity contribution is -0.122. The molecule has 1 aliphatic heterocycles. The Labute approximate surface area is 188 Å². The third kappa shape index (κ3) is 3.80. The molecule has 0 radical (unpaired) electrons. The predicted octanol–water partition coefficient (Wildman–Crippen LogP) is 3.37. The average Bonchev–Trinajstić information content (AvgIpc) is 3.57. The van der Waals surface area contributed by atoms with Crippen LogP contribution in [0.15, 0.2) is 41.2 Å². The van der Waals surface area contributed by atoms with E-state index in [1.165, 1.54) is 5.56 Å². The Morgan fingerprint density at radius 3 is 2.62 bits per heavy atom.